The van der Waals surface area contributed by atoms with Crippen LogP contribution >= 0.6 is 0 Å². The number of aromatic nitrogens is 1. The van der Waals surface area contributed by atoms with E-state index in [1.807, 2.05) is 18.2 Å². The number of amides is 1. The van der Waals surface area contributed by atoms with Crippen molar-refractivity contribution in [3.63, 3.8) is 0 Å². The molecule has 3 heterocycles. The molecular formula is C27H35N5O5S. The van der Waals surface area contributed by atoms with Crippen molar-refractivity contribution in [1.29, 1.82) is 0 Å². The van der Waals surface area contributed by atoms with Gasteiger partial charge in [-0.05, 0) is 75.1 Å². The lowest BCUT2D eigenvalue weighted by atomic mass is 9.74. The van der Waals surface area contributed by atoms with E-state index in [-0.39, 0.29) is 23.0 Å². The molecule has 1 aromatic carbocycles. The van der Waals surface area contributed by atoms with Crippen molar-refractivity contribution >= 4 is 27.2 Å². The van der Waals surface area contributed by atoms with Crippen molar-refractivity contribution in [2.45, 2.75) is 67.3 Å². The Bertz CT molecular complexity index is 1380. The monoisotopic (exact) mass is 541 g/mol. The number of hydrazine groups is 1. The van der Waals surface area contributed by atoms with Crippen LogP contribution in [0.25, 0.3) is 0 Å². The molecule has 2 aliphatic carbocycles. The van der Waals surface area contributed by atoms with Gasteiger partial charge < -0.3 is 20.1 Å². The molecule has 38 heavy (non-hydrogen) atoms. The zero-order valence-electron chi connectivity index (χ0n) is 22.1. The van der Waals surface area contributed by atoms with Crippen LogP contribution in [-0.2, 0) is 20.0 Å². The predicted molar refractivity (Wildman–Crippen MR) is 143 cm³/mol. The van der Waals surface area contributed by atoms with E-state index in [2.05, 4.69) is 26.5 Å². The first-order valence-corrected chi connectivity index (χ1v) is 14.8. The number of pyridine rings is 1. The van der Waals surface area contributed by atoms with Crippen LogP contribution in [0.2, 0.25) is 0 Å². The van der Waals surface area contributed by atoms with E-state index in [4.69, 9.17) is 9.47 Å². The van der Waals surface area contributed by atoms with Crippen LogP contribution in [-0.4, -0.2) is 51.0 Å². The second-order valence-corrected chi connectivity index (χ2v) is 13.7. The first-order valence-electron chi connectivity index (χ1n) is 13.2. The van der Waals surface area contributed by atoms with Crippen molar-refractivity contribution < 1.29 is 22.7 Å². The van der Waals surface area contributed by atoms with Gasteiger partial charge in [-0.1, -0.05) is 0 Å². The first kappa shape index (κ1) is 25.4. The fourth-order valence-electron chi connectivity index (χ4n) is 6.78. The van der Waals surface area contributed by atoms with Crippen LogP contribution < -0.4 is 31.0 Å². The average Bonchev–Trinajstić information content (AvgIpc) is 3.46. The number of anilines is 2. The molecule has 10 nitrogen and oxygen atoms in total. The third-order valence-corrected chi connectivity index (χ3v) is 11.2. The quantitative estimate of drug-likeness (QED) is 0.418. The number of ether oxygens (including phenoxy) is 2. The van der Waals surface area contributed by atoms with Gasteiger partial charge in [0.2, 0.25) is 5.91 Å². The number of hydrogen-bond acceptors (Lipinski definition) is 9. The van der Waals surface area contributed by atoms with Crippen molar-refractivity contribution in [2.75, 3.05) is 24.9 Å². The minimum atomic E-state index is -3.45. The van der Waals surface area contributed by atoms with Crippen molar-refractivity contribution in [3.05, 3.63) is 36.0 Å². The van der Waals surface area contributed by atoms with Gasteiger partial charge in [-0.3, -0.25) is 10.2 Å². The molecule has 1 amide bonds. The van der Waals surface area contributed by atoms with Gasteiger partial charge in [0.25, 0.3) is 0 Å². The van der Waals surface area contributed by atoms with Crippen LogP contribution in [0, 0.1) is 17.8 Å². The molecule has 2 aliphatic heterocycles. The van der Waals surface area contributed by atoms with E-state index >= 15 is 0 Å². The number of benzene rings is 1. The highest BCUT2D eigenvalue weighted by Crippen LogP contribution is 2.65. The van der Waals surface area contributed by atoms with Crippen molar-refractivity contribution in [2.24, 2.45) is 17.8 Å². The number of carbonyl (C=O) groups excluding carboxylic acids is 1. The summed E-state index contributed by atoms with van der Waals surface area (Å²) in [7, 11) is -0.283. The summed E-state index contributed by atoms with van der Waals surface area (Å²) in [5.41, 5.74) is 8.38. The van der Waals surface area contributed by atoms with E-state index in [0.717, 1.165) is 42.7 Å². The summed E-state index contributed by atoms with van der Waals surface area (Å²) in [6, 6.07) is 7.64. The highest BCUT2D eigenvalue weighted by molar-refractivity contribution is 7.92. The van der Waals surface area contributed by atoms with Crippen molar-refractivity contribution in [1.82, 2.24) is 15.8 Å². The highest BCUT2D eigenvalue weighted by Gasteiger charge is 2.67. The van der Waals surface area contributed by atoms with Gasteiger partial charge >= 0.3 is 0 Å². The Labute approximate surface area is 223 Å². The van der Waals surface area contributed by atoms with E-state index < -0.39 is 20.5 Å². The topological polar surface area (TPSA) is 131 Å². The van der Waals surface area contributed by atoms with E-state index in [9.17, 15) is 13.2 Å². The minimum Gasteiger partial charge on any atom is -0.497 e. The number of carbonyl (C=O) groups is 1. The molecule has 1 aromatic heterocycles. The maximum Gasteiger partial charge on any atom is 0.235 e. The third kappa shape index (κ3) is 3.85. The summed E-state index contributed by atoms with van der Waals surface area (Å²) in [5, 5.41) is 5.98. The molecule has 1 saturated heterocycles. The number of hydrogen-bond donors (Lipinski definition) is 4. The standard InChI is InChI=1S/C27H35N5O5S/c1-14(2)38(34,35)17-11-23(37-4)25(28-13-17)30-24-18-7-5-15(9-22(18)31-32-24)20-12-27(20)19-10-16(36-3)6-8-21(19)29-26(27)33/h6,8,10-11,13-15,18,20,22,24,31-32H,5,7,9,12H2,1-4H3,(H,28,30)(H,29,33)/t15?,18?,20-,22?,24?,27-/m0/s1. The fourth-order valence-corrected chi connectivity index (χ4v) is 7.80. The number of nitrogens with zero attached hydrogens (tertiary/aromatic N) is 1. The van der Waals surface area contributed by atoms with Gasteiger partial charge in [-0.25, -0.2) is 18.8 Å². The second kappa shape index (κ2) is 9.10. The number of fused-ring (bicyclic) bond motifs is 3. The number of rotatable bonds is 7. The molecule has 0 radical (unpaired) electrons. The molecule has 11 heteroatoms. The van der Waals surface area contributed by atoms with E-state index in [1.54, 1.807) is 21.0 Å². The fraction of sp³-hybridized carbons (Fsp3) is 0.556. The van der Waals surface area contributed by atoms with Gasteiger partial charge in [0, 0.05) is 29.9 Å². The van der Waals surface area contributed by atoms with Crippen LogP contribution in [0.15, 0.2) is 35.4 Å². The Balaban J connectivity index is 1.14. The molecule has 0 bridgehead atoms. The molecule has 2 saturated carbocycles. The lowest BCUT2D eigenvalue weighted by molar-refractivity contribution is -0.118. The Kier molecular flexibility index (Phi) is 6.08. The minimum absolute atomic E-state index is 0.0807. The number of methoxy groups -OCH3 is 2. The third-order valence-electron chi connectivity index (χ3n) is 9.03. The van der Waals surface area contributed by atoms with Gasteiger partial charge in [0.15, 0.2) is 21.4 Å². The molecule has 4 aliphatic rings. The van der Waals surface area contributed by atoms with Crippen LogP contribution in [0.3, 0.4) is 0 Å². The number of nitrogens with one attached hydrogen (secondary N) is 4. The summed E-state index contributed by atoms with van der Waals surface area (Å²) in [6.07, 6.45) is 5.20. The molecule has 204 valence electrons. The summed E-state index contributed by atoms with van der Waals surface area (Å²) in [4.78, 5) is 17.6. The zero-order valence-corrected chi connectivity index (χ0v) is 22.9. The lowest BCUT2D eigenvalue weighted by Crippen LogP contribution is -2.39. The second-order valence-electron chi connectivity index (χ2n) is 11.2. The molecule has 4 unspecified atom stereocenters. The highest BCUT2D eigenvalue weighted by atomic mass is 32.2. The van der Waals surface area contributed by atoms with Gasteiger partial charge in [-0.15, -0.1) is 0 Å². The Morgan fingerprint density at radius 3 is 2.68 bits per heavy atom. The molecule has 6 atom stereocenters. The first-order chi connectivity index (χ1) is 18.2. The SMILES string of the molecule is COc1ccc2c(c1)[C@]1(C[C@H]1C1CCC3C(C1)NNC3Nc1ncc(S(=O)(=O)C(C)C)cc1OC)C(=O)N2. The Morgan fingerprint density at radius 2 is 1.95 bits per heavy atom. The van der Waals surface area contributed by atoms with E-state index in [0.29, 0.717) is 29.3 Å². The average molecular weight is 542 g/mol. The van der Waals surface area contributed by atoms with Gasteiger partial charge in [0.05, 0.1) is 35.9 Å². The van der Waals surface area contributed by atoms with Crippen molar-refractivity contribution in [3.8, 4) is 11.5 Å². The number of sulfone groups is 1. The summed E-state index contributed by atoms with van der Waals surface area (Å²) in [6.45, 7) is 3.30. The largest absolute Gasteiger partial charge is 0.497 e. The lowest BCUT2D eigenvalue weighted by Gasteiger charge is -2.34. The molecule has 3 fully saturated rings. The Morgan fingerprint density at radius 1 is 1.13 bits per heavy atom. The predicted octanol–water partition coefficient (Wildman–Crippen LogP) is 2.82. The van der Waals surface area contributed by atoms with Crippen LogP contribution in [0.5, 0.6) is 11.5 Å². The normalized spacial score (nSPS) is 31.6. The Hall–Kier alpha value is -2.89. The summed E-state index contributed by atoms with van der Waals surface area (Å²) >= 11 is 0. The molecular weight excluding hydrogens is 506 g/mol. The summed E-state index contributed by atoms with van der Waals surface area (Å²) in [5.74, 6) is 2.88. The van der Waals surface area contributed by atoms with Crippen LogP contribution in [0.4, 0.5) is 11.5 Å². The maximum absolute atomic E-state index is 13.1. The molecule has 2 aromatic rings. The smallest absolute Gasteiger partial charge is 0.235 e. The summed E-state index contributed by atoms with van der Waals surface area (Å²) < 4.78 is 36.1. The van der Waals surface area contributed by atoms with Gasteiger partial charge in [-0.2, -0.15) is 0 Å². The molecule has 1 spiro atoms. The molecule has 4 N–H and O–H groups in total. The van der Waals surface area contributed by atoms with Gasteiger partial charge in [0.1, 0.15) is 5.75 Å². The zero-order chi connectivity index (χ0) is 26.8. The van der Waals surface area contributed by atoms with E-state index in [1.165, 1.54) is 19.4 Å². The maximum atomic E-state index is 13.1. The molecule has 6 rings (SSSR count). The van der Waals surface area contributed by atoms with Crippen LogP contribution in [0.1, 0.15) is 45.1 Å².